The number of pyridine rings is 1. The summed E-state index contributed by atoms with van der Waals surface area (Å²) in [5, 5.41) is 5.67. The normalized spacial score (nSPS) is 13.8. The molecule has 0 unspecified atom stereocenters. The maximum absolute atomic E-state index is 13.9. The first-order chi connectivity index (χ1) is 16.3. The van der Waals surface area contributed by atoms with Crippen molar-refractivity contribution in [3.05, 3.63) is 60.3 Å². The van der Waals surface area contributed by atoms with E-state index >= 15 is 0 Å². The first-order valence-corrected chi connectivity index (χ1v) is 12.1. The number of H-pyrrole nitrogens is 1. The lowest BCUT2D eigenvalue weighted by atomic mass is 10.1. The lowest BCUT2D eigenvalue weighted by Crippen LogP contribution is -2.09. The zero-order valence-electron chi connectivity index (χ0n) is 17.9. The van der Waals surface area contributed by atoms with Gasteiger partial charge in [-0.25, -0.2) is 19.3 Å². The highest BCUT2D eigenvalue weighted by molar-refractivity contribution is 7.99. The molecule has 33 heavy (non-hydrogen) atoms. The average Bonchev–Trinajstić information content (AvgIpc) is 3.32. The molecule has 7 nitrogen and oxygen atoms in total. The van der Waals surface area contributed by atoms with Crippen molar-refractivity contribution >= 4 is 39.6 Å². The van der Waals surface area contributed by atoms with Crippen LogP contribution in [0.2, 0.25) is 0 Å². The molecule has 2 N–H and O–H groups in total. The largest absolute Gasteiger partial charge is 0.368 e. The van der Waals surface area contributed by atoms with E-state index in [0.29, 0.717) is 23.8 Å². The summed E-state index contributed by atoms with van der Waals surface area (Å²) < 4.78 is 16.0. The van der Waals surface area contributed by atoms with Crippen LogP contribution in [0.3, 0.4) is 0 Å². The van der Waals surface area contributed by atoms with Crippen LogP contribution in [-0.2, 0) is 13.0 Å². The smallest absolute Gasteiger partial charge is 0.170 e. The van der Waals surface area contributed by atoms with E-state index in [1.165, 1.54) is 23.2 Å². The minimum Gasteiger partial charge on any atom is -0.368 e. The van der Waals surface area contributed by atoms with Gasteiger partial charge in [-0.3, -0.25) is 4.98 Å². The Bertz CT molecular complexity index is 1460. The van der Waals surface area contributed by atoms with E-state index in [-0.39, 0.29) is 0 Å². The third kappa shape index (κ3) is 3.82. The molecule has 166 valence electrons. The molecule has 5 aromatic rings. The Balaban J connectivity index is 1.37. The van der Waals surface area contributed by atoms with E-state index in [2.05, 4.69) is 44.2 Å². The van der Waals surface area contributed by atoms with Gasteiger partial charge in [-0.2, -0.15) is 0 Å². The van der Waals surface area contributed by atoms with Crippen molar-refractivity contribution in [1.82, 2.24) is 29.5 Å². The highest BCUT2D eigenvalue weighted by Crippen LogP contribution is 2.32. The van der Waals surface area contributed by atoms with Crippen LogP contribution >= 0.6 is 11.8 Å². The Morgan fingerprint density at radius 2 is 2.06 bits per heavy atom. The number of para-hydroxylation sites is 1. The fourth-order valence-electron chi connectivity index (χ4n) is 4.27. The van der Waals surface area contributed by atoms with E-state index in [9.17, 15) is 4.39 Å². The Kier molecular flexibility index (Phi) is 5.18. The standard InChI is InChI=1S/C24H22FN7S/c25-17-11-16(12-26-14-17)21-30-22(20-23(31-21)32-9-3-4-10-33-24(32)29-20)27-8-7-15-13-28-19-6-2-1-5-18(15)19/h1-2,5-6,11-14,28H,3-4,7-10H2,(H,27,30,31). The zero-order valence-corrected chi connectivity index (χ0v) is 18.7. The van der Waals surface area contributed by atoms with Gasteiger partial charge in [0.15, 0.2) is 28.0 Å². The van der Waals surface area contributed by atoms with Gasteiger partial charge >= 0.3 is 0 Å². The number of hydrogen-bond donors (Lipinski definition) is 2. The molecule has 0 aliphatic carbocycles. The van der Waals surface area contributed by atoms with Crippen LogP contribution in [0, 0.1) is 5.82 Å². The Labute approximate surface area is 193 Å². The van der Waals surface area contributed by atoms with Gasteiger partial charge in [0.25, 0.3) is 0 Å². The summed E-state index contributed by atoms with van der Waals surface area (Å²) in [6.45, 7) is 1.55. The van der Waals surface area contributed by atoms with Crippen molar-refractivity contribution < 1.29 is 4.39 Å². The molecular weight excluding hydrogens is 437 g/mol. The fraction of sp³-hybridized carbons (Fsp3) is 0.250. The molecule has 0 bridgehead atoms. The van der Waals surface area contributed by atoms with Gasteiger partial charge < -0.3 is 14.9 Å². The van der Waals surface area contributed by atoms with Crippen molar-refractivity contribution in [3.63, 3.8) is 0 Å². The number of rotatable bonds is 5. The van der Waals surface area contributed by atoms with Crippen LogP contribution in [0.1, 0.15) is 18.4 Å². The van der Waals surface area contributed by atoms with Gasteiger partial charge in [-0.05, 0) is 37.0 Å². The summed E-state index contributed by atoms with van der Waals surface area (Å²) >= 11 is 1.75. The van der Waals surface area contributed by atoms with Gasteiger partial charge in [0.05, 0.1) is 6.20 Å². The van der Waals surface area contributed by atoms with Crippen LogP contribution in [0.4, 0.5) is 10.2 Å². The highest BCUT2D eigenvalue weighted by atomic mass is 32.2. The molecule has 1 aliphatic heterocycles. The third-order valence-corrected chi connectivity index (χ3v) is 6.95. The van der Waals surface area contributed by atoms with Crippen molar-refractivity contribution in [1.29, 1.82) is 0 Å². The molecular formula is C24H22FN7S. The monoisotopic (exact) mass is 459 g/mol. The molecule has 1 aliphatic rings. The summed E-state index contributed by atoms with van der Waals surface area (Å²) in [6, 6.07) is 9.70. The second-order valence-corrected chi connectivity index (χ2v) is 9.16. The predicted octanol–water partition coefficient (Wildman–Crippen LogP) is 5.05. The minimum atomic E-state index is -0.410. The summed E-state index contributed by atoms with van der Waals surface area (Å²) in [7, 11) is 0. The number of fused-ring (bicyclic) bond motifs is 4. The van der Waals surface area contributed by atoms with Crippen LogP contribution in [0.15, 0.2) is 54.1 Å². The van der Waals surface area contributed by atoms with Gasteiger partial charge in [0.1, 0.15) is 5.82 Å². The molecule has 0 saturated heterocycles. The SMILES string of the molecule is Fc1cncc(-c2nc(NCCc3c[nH]c4ccccc34)c3nc4n(c3n2)CCCCS4)c1. The number of nitrogens with one attached hydrogen (secondary N) is 2. The highest BCUT2D eigenvalue weighted by Gasteiger charge is 2.20. The molecule has 0 spiro atoms. The summed E-state index contributed by atoms with van der Waals surface area (Å²) in [5.74, 6) is 1.75. The van der Waals surface area contributed by atoms with Crippen molar-refractivity contribution in [3.8, 4) is 11.4 Å². The molecule has 0 fully saturated rings. The van der Waals surface area contributed by atoms with Gasteiger partial charge in [0.2, 0.25) is 0 Å². The number of imidazole rings is 1. The maximum Gasteiger partial charge on any atom is 0.170 e. The first kappa shape index (κ1) is 20.2. The Morgan fingerprint density at radius 1 is 1.12 bits per heavy atom. The first-order valence-electron chi connectivity index (χ1n) is 11.1. The molecule has 0 amide bonds. The summed E-state index contributed by atoms with van der Waals surface area (Å²) in [5.41, 5.74) is 4.46. The maximum atomic E-state index is 13.9. The van der Waals surface area contributed by atoms with Gasteiger partial charge in [0, 0.05) is 47.7 Å². The average molecular weight is 460 g/mol. The van der Waals surface area contributed by atoms with E-state index < -0.39 is 5.82 Å². The lowest BCUT2D eigenvalue weighted by molar-refractivity contribution is 0.613. The van der Waals surface area contributed by atoms with E-state index in [1.807, 2.05) is 6.07 Å². The van der Waals surface area contributed by atoms with Crippen LogP contribution in [0.25, 0.3) is 33.5 Å². The number of nitrogens with zero attached hydrogens (tertiary/aromatic N) is 5. The second kappa shape index (κ2) is 8.47. The molecule has 0 atom stereocenters. The second-order valence-electron chi connectivity index (χ2n) is 8.10. The van der Waals surface area contributed by atoms with Crippen LogP contribution in [0.5, 0.6) is 0 Å². The zero-order chi connectivity index (χ0) is 22.2. The van der Waals surface area contributed by atoms with Crippen molar-refractivity contribution in [2.75, 3.05) is 17.6 Å². The molecule has 1 aromatic carbocycles. The van der Waals surface area contributed by atoms with Crippen LogP contribution < -0.4 is 5.32 Å². The number of aryl methyl sites for hydroxylation is 1. The quantitative estimate of drug-likeness (QED) is 0.383. The van der Waals surface area contributed by atoms with E-state index in [0.717, 1.165) is 53.4 Å². The number of aromatic nitrogens is 6. The Morgan fingerprint density at radius 3 is 3.00 bits per heavy atom. The van der Waals surface area contributed by atoms with Crippen molar-refractivity contribution in [2.45, 2.75) is 31.0 Å². The minimum absolute atomic E-state index is 0.410. The number of benzene rings is 1. The number of aromatic amines is 1. The Hall–Kier alpha value is -3.46. The predicted molar refractivity (Wildman–Crippen MR) is 129 cm³/mol. The third-order valence-electron chi connectivity index (χ3n) is 5.89. The van der Waals surface area contributed by atoms with Crippen LogP contribution in [-0.4, -0.2) is 41.8 Å². The van der Waals surface area contributed by atoms with Gasteiger partial charge in [-0.1, -0.05) is 30.0 Å². The number of halogens is 1. The molecule has 0 saturated carbocycles. The van der Waals surface area contributed by atoms with Crippen molar-refractivity contribution in [2.24, 2.45) is 0 Å². The lowest BCUT2D eigenvalue weighted by Gasteiger charge is -2.10. The molecule has 9 heteroatoms. The summed E-state index contributed by atoms with van der Waals surface area (Å²) in [6.07, 6.45) is 7.89. The summed E-state index contributed by atoms with van der Waals surface area (Å²) in [4.78, 5) is 21.7. The molecule has 0 radical (unpaired) electrons. The van der Waals surface area contributed by atoms with Gasteiger partial charge in [-0.15, -0.1) is 0 Å². The van der Waals surface area contributed by atoms with E-state index in [1.54, 1.807) is 18.0 Å². The number of thioether (sulfide) groups is 1. The topological polar surface area (TPSA) is 84.3 Å². The number of hydrogen-bond acceptors (Lipinski definition) is 6. The van der Waals surface area contributed by atoms with E-state index in [4.69, 9.17) is 15.0 Å². The fourth-order valence-corrected chi connectivity index (χ4v) is 5.29. The molecule has 5 heterocycles. The molecule has 6 rings (SSSR count). The number of anilines is 1. The molecule has 4 aromatic heterocycles.